The Morgan fingerprint density at radius 1 is 1.24 bits per heavy atom. The molecule has 98 valence electrons. The highest BCUT2D eigenvalue weighted by atomic mass is 16.2. The van der Waals surface area contributed by atoms with Crippen LogP contribution in [0, 0.1) is 11.8 Å². The van der Waals surface area contributed by atoms with Crippen molar-refractivity contribution in [2.45, 2.75) is 57.9 Å². The minimum atomic E-state index is 0.273. The molecule has 2 aliphatic rings. The van der Waals surface area contributed by atoms with Crippen LogP contribution in [0.5, 0.6) is 0 Å². The van der Waals surface area contributed by atoms with Gasteiger partial charge in [-0.25, -0.2) is 0 Å². The number of carbonyl (C=O) groups is 1. The number of nitrogens with two attached hydrogens (primary N) is 1. The SMILES string of the molecule is CCCC1CCN(C(=O)C2CCC(N)CC2)C1. The summed E-state index contributed by atoms with van der Waals surface area (Å²) in [4.78, 5) is 14.5. The third kappa shape index (κ3) is 3.21. The van der Waals surface area contributed by atoms with Crippen LogP contribution in [0.4, 0.5) is 0 Å². The molecule has 1 heterocycles. The predicted molar refractivity (Wildman–Crippen MR) is 69.5 cm³/mol. The molecule has 0 aromatic heterocycles. The van der Waals surface area contributed by atoms with Gasteiger partial charge < -0.3 is 10.6 Å². The number of hydrogen-bond donors (Lipinski definition) is 1. The number of hydrogen-bond acceptors (Lipinski definition) is 2. The van der Waals surface area contributed by atoms with Crippen LogP contribution < -0.4 is 5.73 Å². The van der Waals surface area contributed by atoms with Crippen molar-refractivity contribution in [1.82, 2.24) is 4.90 Å². The summed E-state index contributed by atoms with van der Waals surface area (Å²) in [5, 5.41) is 0. The number of nitrogens with zero attached hydrogens (tertiary/aromatic N) is 1. The Morgan fingerprint density at radius 2 is 1.94 bits per heavy atom. The van der Waals surface area contributed by atoms with Crippen LogP contribution in [0.25, 0.3) is 0 Å². The van der Waals surface area contributed by atoms with Gasteiger partial charge in [-0.3, -0.25) is 4.79 Å². The first kappa shape index (κ1) is 12.9. The average molecular weight is 238 g/mol. The van der Waals surface area contributed by atoms with Crippen LogP contribution in [0.1, 0.15) is 51.9 Å². The second-order valence-corrected chi connectivity index (χ2v) is 5.84. The van der Waals surface area contributed by atoms with Gasteiger partial charge in [0.2, 0.25) is 5.91 Å². The predicted octanol–water partition coefficient (Wildman–Crippen LogP) is 2.15. The Bertz CT molecular complexity index is 259. The van der Waals surface area contributed by atoms with E-state index in [1.54, 1.807) is 0 Å². The quantitative estimate of drug-likeness (QED) is 0.819. The summed E-state index contributed by atoms with van der Waals surface area (Å²) < 4.78 is 0. The van der Waals surface area contributed by atoms with Crippen LogP contribution in [-0.4, -0.2) is 29.9 Å². The molecule has 2 fully saturated rings. The van der Waals surface area contributed by atoms with Crippen molar-refractivity contribution in [3.63, 3.8) is 0 Å². The lowest BCUT2D eigenvalue weighted by molar-refractivity contribution is -0.135. The molecule has 0 spiro atoms. The Balaban J connectivity index is 1.80. The van der Waals surface area contributed by atoms with E-state index < -0.39 is 0 Å². The van der Waals surface area contributed by atoms with Gasteiger partial charge in [0, 0.05) is 25.0 Å². The molecule has 0 radical (unpaired) electrons. The van der Waals surface area contributed by atoms with Crippen molar-refractivity contribution >= 4 is 5.91 Å². The maximum Gasteiger partial charge on any atom is 0.225 e. The minimum absolute atomic E-state index is 0.273. The summed E-state index contributed by atoms with van der Waals surface area (Å²) in [7, 11) is 0. The van der Waals surface area contributed by atoms with E-state index >= 15 is 0 Å². The second kappa shape index (κ2) is 5.85. The topological polar surface area (TPSA) is 46.3 Å². The van der Waals surface area contributed by atoms with Gasteiger partial charge in [0.15, 0.2) is 0 Å². The summed E-state index contributed by atoms with van der Waals surface area (Å²) >= 11 is 0. The molecule has 17 heavy (non-hydrogen) atoms. The van der Waals surface area contributed by atoms with Crippen LogP contribution in [-0.2, 0) is 4.79 Å². The largest absolute Gasteiger partial charge is 0.342 e. The van der Waals surface area contributed by atoms with Crippen molar-refractivity contribution in [1.29, 1.82) is 0 Å². The molecule has 0 aromatic rings. The molecule has 0 bridgehead atoms. The van der Waals surface area contributed by atoms with Crippen LogP contribution in [0.2, 0.25) is 0 Å². The van der Waals surface area contributed by atoms with E-state index in [9.17, 15) is 4.79 Å². The summed E-state index contributed by atoms with van der Waals surface area (Å²) in [6, 6.07) is 0.338. The van der Waals surface area contributed by atoms with Crippen LogP contribution in [0.3, 0.4) is 0 Å². The first-order valence-corrected chi connectivity index (χ1v) is 7.25. The highest BCUT2D eigenvalue weighted by Crippen LogP contribution is 2.28. The third-order valence-electron chi connectivity index (χ3n) is 4.42. The van der Waals surface area contributed by atoms with Gasteiger partial charge >= 0.3 is 0 Å². The van der Waals surface area contributed by atoms with E-state index in [1.165, 1.54) is 19.3 Å². The molecule has 1 atom stereocenters. The molecule has 1 aliphatic heterocycles. The lowest BCUT2D eigenvalue weighted by atomic mass is 9.85. The zero-order valence-electron chi connectivity index (χ0n) is 11.0. The number of likely N-dealkylation sites (tertiary alicyclic amines) is 1. The van der Waals surface area contributed by atoms with Crippen molar-refractivity contribution in [2.75, 3.05) is 13.1 Å². The molecule has 3 nitrogen and oxygen atoms in total. The molecule has 0 aromatic carbocycles. The van der Waals surface area contributed by atoms with Crippen molar-refractivity contribution in [3.8, 4) is 0 Å². The maximum absolute atomic E-state index is 12.3. The smallest absolute Gasteiger partial charge is 0.225 e. The molecular weight excluding hydrogens is 212 g/mol. The number of amides is 1. The van der Waals surface area contributed by atoms with Crippen LogP contribution in [0.15, 0.2) is 0 Å². The Labute approximate surface area is 105 Å². The van der Waals surface area contributed by atoms with Crippen molar-refractivity contribution < 1.29 is 4.79 Å². The lowest BCUT2D eigenvalue weighted by Gasteiger charge is -2.29. The fourth-order valence-electron chi connectivity index (χ4n) is 3.30. The van der Waals surface area contributed by atoms with Gasteiger partial charge in [0.05, 0.1) is 0 Å². The lowest BCUT2D eigenvalue weighted by Crippen LogP contribution is -2.38. The summed E-state index contributed by atoms with van der Waals surface area (Å²) in [5.41, 5.74) is 5.89. The minimum Gasteiger partial charge on any atom is -0.342 e. The van der Waals surface area contributed by atoms with Crippen LogP contribution >= 0.6 is 0 Å². The average Bonchev–Trinajstić information content (AvgIpc) is 2.78. The summed E-state index contributed by atoms with van der Waals surface area (Å²) in [6.07, 6.45) is 7.81. The van der Waals surface area contributed by atoms with E-state index in [2.05, 4.69) is 11.8 Å². The Morgan fingerprint density at radius 3 is 2.59 bits per heavy atom. The fourth-order valence-corrected chi connectivity index (χ4v) is 3.30. The van der Waals surface area contributed by atoms with Crippen molar-refractivity contribution in [3.05, 3.63) is 0 Å². The zero-order valence-corrected chi connectivity index (χ0v) is 11.0. The molecule has 2 N–H and O–H groups in total. The Kier molecular flexibility index (Phi) is 4.43. The normalized spacial score (nSPS) is 34.0. The van der Waals surface area contributed by atoms with Crippen molar-refractivity contribution in [2.24, 2.45) is 17.6 Å². The molecular formula is C14H26N2O. The summed E-state index contributed by atoms with van der Waals surface area (Å²) in [6.45, 7) is 4.23. The molecule has 2 rings (SSSR count). The number of rotatable bonds is 3. The maximum atomic E-state index is 12.3. The third-order valence-corrected chi connectivity index (χ3v) is 4.42. The van der Waals surface area contributed by atoms with Gasteiger partial charge in [-0.15, -0.1) is 0 Å². The number of carbonyl (C=O) groups excluding carboxylic acids is 1. The van der Waals surface area contributed by atoms with Gasteiger partial charge in [0.1, 0.15) is 0 Å². The molecule has 1 saturated heterocycles. The zero-order chi connectivity index (χ0) is 12.3. The van der Waals surface area contributed by atoms with Gasteiger partial charge in [-0.1, -0.05) is 13.3 Å². The first-order chi connectivity index (χ1) is 8.20. The van der Waals surface area contributed by atoms with Gasteiger partial charge in [-0.05, 0) is 44.4 Å². The molecule has 1 saturated carbocycles. The van der Waals surface area contributed by atoms with E-state index in [0.29, 0.717) is 11.9 Å². The van der Waals surface area contributed by atoms with E-state index in [-0.39, 0.29) is 5.92 Å². The monoisotopic (exact) mass is 238 g/mol. The molecule has 1 unspecified atom stereocenters. The Hall–Kier alpha value is -0.570. The van der Waals surface area contributed by atoms with E-state index in [0.717, 1.165) is 44.7 Å². The standard InChI is InChI=1S/C14H26N2O/c1-2-3-11-8-9-16(10-11)14(17)12-4-6-13(15)7-5-12/h11-13H,2-10,15H2,1H3. The summed E-state index contributed by atoms with van der Waals surface area (Å²) in [5.74, 6) is 1.44. The second-order valence-electron chi connectivity index (χ2n) is 5.84. The molecule has 1 amide bonds. The highest BCUT2D eigenvalue weighted by molar-refractivity contribution is 5.79. The van der Waals surface area contributed by atoms with Gasteiger partial charge in [-0.2, -0.15) is 0 Å². The molecule has 3 heteroatoms. The fraction of sp³-hybridized carbons (Fsp3) is 0.929. The molecule has 1 aliphatic carbocycles. The first-order valence-electron chi connectivity index (χ1n) is 7.25. The van der Waals surface area contributed by atoms with E-state index in [1.807, 2.05) is 0 Å². The van der Waals surface area contributed by atoms with Gasteiger partial charge in [0.25, 0.3) is 0 Å². The van der Waals surface area contributed by atoms with E-state index in [4.69, 9.17) is 5.73 Å². The highest BCUT2D eigenvalue weighted by Gasteiger charge is 2.32.